The summed E-state index contributed by atoms with van der Waals surface area (Å²) in [7, 11) is 0. The second-order valence-corrected chi connectivity index (χ2v) is 1.61. The van der Waals surface area contributed by atoms with E-state index in [0.717, 1.165) is 13.1 Å². The Morgan fingerprint density at radius 3 is 2.43 bits per heavy atom. The zero-order valence-corrected chi connectivity index (χ0v) is 4.35. The van der Waals surface area contributed by atoms with Gasteiger partial charge in [0, 0.05) is 19.5 Å². The first kappa shape index (κ1) is 4.62. The van der Waals surface area contributed by atoms with E-state index in [4.69, 9.17) is 0 Å². The summed E-state index contributed by atoms with van der Waals surface area (Å²) >= 11 is 0. The fourth-order valence-corrected chi connectivity index (χ4v) is 0.453. The average molecular weight is 98.1 g/mol. The van der Waals surface area contributed by atoms with Crippen LogP contribution in [0.15, 0.2) is 0 Å². The first-order valence-corrected chi connectivity index (χ1v) is 2.43. The fourth-order valence-electron chi connectivity index (χ4n) is 0.453. The lowest BCUT2D eigenvalue weighted by Gasteiger charge is -1.91. The third kappa shape index (κ3) is 0.918. The summed E-state index contributed by atoms with van der Waals surface area (Å²) in [5, 5.41) is 0. The van der Waals surface area contributed by atoms with E-state index in [2.05, 4.69) is 0 Å². The summed E-state index contributed by atoms with van der Waals surface area (Å²) < 4.78 is 0. The van der Waals surface area contributed by atoms with Crippen LogP contribution in [-0.2, 0) is 4.79 Å². The minimum absolute atomic E-state index is 0.167. The van der Waals surface area contributed by atoms with Crippen LogP contribution in [-0.4, -0.2) is 23.9 Å². The molecule has 1 heterocycles. The van der Waals surface area contributed by atoms with Gasteiger partial charge < -0.3 is 4.90 Å². The van der Waals surface area contributed by atoms with Gasteiger partial charge in [-0.15, -0.1) is 0 Å². The van der Waals surface area contributed by atoms with Gasteiger partial charge in [-0.2, -0.15) is 0 Å². The summed E-state index contributed by atoms with van der Waals surface area (Å²) in [5.41, 5.74) is 0. The lowest BCUT2D eigenvalue weighted by molar-refractivity contribution is -0.122. The van der Waals surface area contributed by atoms with E-state index in [1.54, 1.807) is 18.2 Å². The molecule has 0 aromatic heterocycles. The Kier molecular flexibility index (Phi) is 1.01. The van der Waals surface area contributed by atoms with Crippen molar-refractivity contribution in [2.24, 2.45) is 0 Å². The predicted octanol–water partition coefficient (Wildman–Crippen LogP) is 0.0528. The fraction of sp³-hybridized carbons (Fsp3) is 0.600. The number of rotatable bonds is 1. The van der Waals surface area contributed by atoms with Crippen molar-refractivity contribution < 1.29 is 4.79 Å². The molecular weight excluding hydrogens is 90.1 g/mol. The number of carbonyl (C=O) groups excluding carboxylic acids is 1. The molecule has 0 aromatic carbocycles. The second-order valence-electron chi connectivity index (χ2n) is 1.61. The van der Waals surface area contributed by atoms with Crippen molar-refractivity contribution in [3.8, 4) is 0 Å². The van der Waals surface area contributed by atoms with Crippen LogP contribution in [0.1, 0.15) is 6.92 Å². The van der Waals surface area contributed by atoms with Gasteiger partial charge in [0.1, 0.15) is 0 Å². The van der Waals surface area contributed by atoms with Gasteiger partial charge in [-0.05, 0) is 0 Å². The van der Waals surface area contributed by atoms with E-state index in [-0.39, 0.29) is 5.91 Å². The summed E-state index contributed by atoms with van der Waals surface area (Å²) in [4.78, 5) is 12.2. The molecule has 0 N–H and O–H groups in total. The number of amides is 1. The molecule has 1 radical (unpaired) electrons. The normalized spacial score (nSPS) is 17.0. The van der Waals surface area contributed by atoms with Crippen LogP contribution in [0.3, 0.4) is 0 Å². The standard InChI is InChI=1S/C5H8NO/c1-2-5(7)6-3-4-6/h2H,3-4H2,1H3. The van der Waals surface area contributed by atoms with Crippen molar-refractivity contribution in [2.45, 2.75) is 6.92 Å². The van der Waals surface area contributed by atoms with E-state index in [0.29, 0.717) is 0 Å². The molecule has 0 bridgehead atoms. The molecule has 0 spiro atoms. The average Bonchev–Trinajstić information content (AvgIpc) is 2.44. The molecule has 2 nitrogen and oxygen atoms in total. The highest BCUT2D eigenvalue weighted by Crippen LogP contribution is 2.03. The van der Waals surface area contributed by atoms with Gasteiger partial charge in [0.2, 0.25) is 5.91 Å². The van der Waals surface area contributed by atoms with Crippen LogP contribution in [0.2, 0.25) is 0 Å². The SMILES string of the molecule is C[CH]C(=O)N1CC1. The molecule has 1 fully saturated rings. The number of hydrogen-bond acceptors (Lipinski definition) is 1. The van der Waals surface area contributed by atoms with Crippen LogP contribution >= 0.6 is 0 Å². The molecule has 0 unspecified atom stereocenters. The van der Waals surface area contributed by atoms with Crippen molar-refractivity contribution in [1.29, 1.82) is 0 Å². The van der Waals surface area contributed by atoms with Gasteiger partial charge in [-0.25, -0.2) is 0 Å². The molecule has 0 aromatic rings. The van der Waals surface area contributed by atoms with Crippen molar-refractivity contribution in [3.63, 3.8) is 0 Å². The van der Waals surface area contributed by atoms with Crippen LogP contribution in [0.5, 0.6) is 0 Å². The minimum atomic E-state index is 0.167. The zero-order valence-electron chi connectivity index (χ0n) is 4.35. The zero-order chi connectivity index (χ0) is 5.28. The van der Waals surface area contributed by atoms with E-state index in [1.165, 1.54) is 0 Å². The van der Waals surface area contributed by atoms with Gasteiger partial charge in [-0.1, -0.05) is 6.92 Å². The molecule has 39 valence electrons. The molecule has 1 aliphatic heterocycles. The summed E-state index contributed by atoms with van der Waals surface area (Å²) in [6, 6.07) is 0. The van der Waals surface area contributed by atoms with E-state index >= 15 is 0 Å². The third-order valence-electron chi connectivity index (χ3n) is 1.01. The Morgan fingerprint density at radius 1 is 1.71 bits per heavy atom. The monoisotopic (exact) mass is 98.1 g/mol. The molecule has 7 heavy (non-hydrogen) atoms. The number of carbonyl (C=O) groups is 1. The van der Waals surface area contributed by atoms with Crippen LogP contribution in [0.4, 0.5) is 0 Å². The maximum atomic E-state index is 10.4. The van der Waals surface area contributed by atoms with Crippen molar-refractivity contribution >= 4 is 5.91 Å². The molecular formula is C5H8NO. The molecule has 0 aliphatic carbocycles. The van der Waals surface area contributed by atoms with E-state index < -0.39 is 0 Å². The van der Waals surface area contributed by atoms with Gasteiger partial charge in [0.05, 0.1) is 0 Å². The molecule has 1 saturated heterocycles. The van der Waals surface area contributed by atoms with Gasteiger partial charge in [0.25, 0.3) is 0 Å². The highest BCUT2D eigenvalue weighted by atomic mass is 16.2. The summed E-state index contributed by atoms with van der Waals surface area (Å²) in [6.45, 7) is 3.69. The second kappa shape index (κ2) is 1.52. The molecule has 0 saturated carbocycles. The Balaban J connectivity index is 2.24. The quantitative estimate of drug-likeness (QED) is 0.424. The lowest BCUT2D eigenvalue weighted by Crippen LogP contribution is -2.07. The summed E-state index contributed by atoms with van der Waals surface area (Å²) in [6.07, 6.45) is 1.59. The Morgan fingerprint density at radius 2 is 2.29 bits per heavy atom. The molecule has 1 amide bonds. The first-order chi connectivity index (χ1) is 3.34. The third-order valence-corrected chi connectivity index (χ3v) is 1.01. The Bertz CT molecular complexity index is 86.1. The highest BCUT2D eigenvalue weighted by molar-refractivity contribution is 5.85. The van der Waals surface area contributed by atoms with Crippen molar-refractivity contribution in [3.05, 3.63) is 6.42 Å². The Labute approximate surface area is 43.1 Å². The maximum Gasteiger partial charge on any atom is 0.226 e. The molecule has 2 heteroatoms. The first-order valence-electron chi connectivity index (χ1n) is 2.43. The molecule has 1 rings (SSSR count). The lowest BCUT2D eigenvalue weighted by atomic mass is 10.5. The number of hydrogen-bond donors (Lipinski definition) is 0. The minimum Gasteiger partial charge on any atom is -0.339 e. The maximum absolute atomic E-state index is 10.4. The number of nitrogens with zero attached hydrogens (tertiary/aromatic N) is 1. The summed E-state index contributed by atoms with van der Waals surface area (Å²) in [5.74, 6) is 0.167. The van der Waals surface area contributed by atoms with Gasteiger partial charge >= 0.3 is 0 Å². The van der Waals surface area contributed by atoms with Crippen LogP contribution in [0.25, 0.3) is 0 Å². The van der Waals surface area contributed by atoms with Crippen molar-refractivity contribution in [1.82, 2.24) is 4.90 Å². The molecule has 1 aliphatic rings. The Hall–Kier alpha value is -0.530. The van der Waals surface area contributed by atoms with Gasteiger partial charge in [0.15, 0.2) is 0 Å². The van der Waals surface area contributed by atoms with E-state index in [9.17, 15) is 4.79 Å². The van der Waals surface area contributed by atoms with E-state index in [1.807, 2.05) is 0 Å². The smallest absolute Gasteiger partial charge is 0.226 e. The van der Waals surface area contributed by atoms with Gasteiger partial charge in [-0.3, -0.25) is 4.79 Å². The molecule has 0 atom stereocenters. The predicted molar refractivity (Wildman–Crippen MR) is 26.6 cm³/mol. The topological polar surface area (TPSA) is 20.1 Å². The van der Waals surface area contributed by atoms with Crippen molar-refractivity contribution in [2.75, 3.05) is 13.1 Å². The largest absolute Gasteiger partial charge is 0.339 e. The van der Waals surface area contributed by atoms with Crippen LogP contribution < -0.4 is 0 Å². The highest BCUT2D eigenvalue weighted by Gasteiger charge is 2.21. The van der Waals surface area contributed by atoms with Crippen LogP contribution in [0, 0.1) is 6.42 Å².